The average molecular weight is 535 g/mol. The molecule has 3 aromatic rings. The van der Waals surface area contributed by atoms with Crippen molar-refractivity contribution in [2.45, 2.75) is 19.9 Å². The maximum atomic E-state index is 13.8. The van der Waals surface area contributed by atoms with Gasteiger partial charge in [-0.15, -0.1) is 0 Å². The van der Waals surface area contributed by atoms with E-state index in [1.54, 1.807) is 57.4 Å². The SMILES string of the molecule is C=CCOc1ccc(/C=c2\sc3n(c2=O)[C@H](c2ccc4c(c2)OCO4)C(C(=O)OCC)=C(C)N=3)cc1OC. The van der Waals surface area contributed by atoms with Crippen LogP contribution in [0.2, 0.25) is 0 Å². The van der Waals surface area contributed by atoms with E-state index in [1.165, 1.54) is 15.9 Å². The van der Waals surface area contributed by atoms with E-state index in [0.717, 1.165) is 5.56 Å². The van der Waals surface area contributed by atoms with Gasteiger partial charge in [-0.05, 0) is 55.3 Å². The Hall–Kier alpha value is -4.31. The Kier molecular flexibility index (Phi) is 7.06. The van der Waals surface area contributed by atoms with Gasteiger partial charge < -0.3 is 23.7 Å². The number of methoxy groups -OCH3 is 1. The first-order valence-corrected chi connectivity index (χ1v) is 12.8. The lowest BCUT2D eigenvalue weighted by molar-refractivity contribution is -0.139. The molecule has 1 aromatic heterocycles. The van der Waals surface area contributed by atoms with Gasteiger partial charge in [0.05, 0.1) is 35.6 Å². The number of carbonyl (C=O) groups excluding carboxylic acids is 1. The molecule has 0 unspecified atom stereocenters. The van der Waals surface area contributed by atoms with Crippen LogP contribution in [-0.2, 0) is 9.53 Å². The predicted octanol–water partition coefficient (Wildman–Crippen LogP) is 3.10. The van der Waals surface area contributed by atoms with Gasteiger partial charge in [0.2, 0.25) is 6.79 Å². The molecule has 2 aliphatic rings. The highest BCUT2D eigenvalue weighted by molar-refractivity contribution is 7.07. The molecule has 0 aliphatic carbocycles. The van der Waals surface area contributed by atoms with E-state index in [9.17, 15) is 9.59 Å². The van der Waals surface area contributed by atoms with E-state index in [1.807, 2.05) is 12.1 Å². The summed E-state index contributed by atoms with van der Waals surface area (Å²) in [6.07, 6.45) is 3.42. The minimum atomic E-state index is -0.744. The molecule has 0 saturated heterocycles. The third-order valence-corrected chi connectivity index (χ3v) is 7.05. The fraction of sp³-hybridized carbons (Fsp3) is 0.250. The van der Waals surface area contributed by atoms with E-state index in [2.05, 4.69) is 11.6 Å². The van der Waals surface area contributed by atoms with Crippen molar-refractivity contribution in [1.82, 2.24) is 4.57 Å². The Balaban J connectivity index is 1.65. The molecule has 196 valence electrons. The molecule has 1 atom stereocenters. The number of fused-ring (bicyclic) bond motifs is 2. The van der Waals surface area contributed by atoms with Crippen LogP contribution in [0.1, 0.15) is 31.0 Å². The summed E-state index contributed by atoms with van der Waals surface area (Å²) in [5.41, 5.74) is 1.94. The van der Waals surface area contributed by atoms with Crippen LogP contribution in [0.5, 0.6) is 23.0 Å². The predicted molar refractivity (Wildman–Crippen MR) is 142 cm³/mol. The van der Waals surface area contributed by atoms with Crippen molar-refractivity contribution in [1.29, 1.82) is 0 Å². The summed E-state index contributed by atoms with van der Waals surface area (Å²) in [4.78, 5) is 32.0. The number of thiazole rings is 1. The Bertz CT molecular complexity index is 1630. The summed E-state index contributed by atoms with van der Waals surface area (Å²) < 4.78 is 29.4. The molecule has 10 heteroatoms. The molecule has 38 heavy (non-hydrogen) atoms. The zero-order valence-electron chi connectivity index (χ0n) is 21.2. The minimum Gasteiger partial charge on any atom is -0.493 e. The van der Waals surface area contributed by atoms with Gasteiger partial charge >= 0.3 is 5.97 Å². The third-order valence-electron chi connectivity index (χ3n) is 6.07. The summed E-state index contributed by atoms with van der Waals surface area (Å²) in [5.74, 6) is 1.74. The van der Waals surface area contributed by atoms with Crippen LogP contribution in [0.25, 0.3) is 6.08 Å². The molecular weight excluding hydrogens is 508 g/mol. The van der Waals surface area contributed by atoms with Crippen molar-refractivity contribution in [3.8, 4) is 23.0 Å². The molecule has 0 saturated carbocycles. The second kappa shape index (κ2) is 10.6. The van der Waals surface area contributed by atoms with Gasteiger partial charge in [0, 0.05) is 0 Å². The van der Waals surface area contributed by atoms with E-state index < -0.39 is 12.0 Å². The Morgan fingerprint density at radius 1 is 1.21 bits per heavy atom. The number of carbonyl (C=O) groups is 1. The van der Waals surface area contributed by atoms with Crippen LogP contribution in [0.15, 0.2) is 70.1 Å². The number of esters is 1. The van der Waals surface area contributed by atoms with E-state index in [-0.39, 0.29) is 19.0 Å². The van der Waals surface area contributed by atoms with E-state index >= 15 is 0 Å². The zero-order chi connectivity index (χ0) is 26.8. The second-order valence-corrected chi connectivity index (χ2v) is 9.43. The smallest absolute Gasteiger partial charge is 0.338 e. The summed E-state index contributed by atoms with van der Waals surface area (Å²) in [6, 6.07) is 10.0. The Labute approximate surface area is 222 Å². The first kappa shape index (κ1) is 25.3. The highest BCUT2D eigenvalue weighted by Gasteiger charge is 2.34. The standard InChI is InChI=1S/C28H26N2O7S/c1-5-11-35-19-9-7-17(12-21(19)33-4)13-23-26(31)30-25(18-8-10-20-22(14-18)37-15-36-20)24(27(32)34-6-2)16(3)29-28(30)38-23/h5,7-10,12-14,25H,1,6,11,15H2,2-4H3/b23-13-/t25-/m1/s1. The molecular formula is C28H26N2O7S. The van der Waals surface area contributed by atoms with Crippen LogP contribution < -0.4 is 33.8 Å². The summed E-state index contributed by atoms with van der Waals surface area (Å²) >= 11 is 1.24. The summed E-state index contributed by atoms with van der Waals surface area (Å²) in [5, 5.41) is 0. The molecule has 0 bridgehead atoms. The maximum Gasteiger partial charge on any atom is 0.338 e. The molecule has 0 fully saturated rings. The molecule has 2 aromatic carbocycles. The molecule has 2 aliphatic heterocycles. The fourth-order valence-electron chi connectivity index (χ4n) is 4.38. The number of benzene rings is 2. The van der Waals surface area contributed by atoms with Gasteiger partial charge in [0.15, 0.2) is 27.8 Å². The van der Waals surface area contributed by atoms with Crippen molar-refractivity contribution < 1.29 is 28.5 Å². The number of nitrogens with zero attached hydrogens (tertiary/aromatic N) is 2. The van der Waals surface area contributed by atoms with Crippen LogP contribution in [0, 0.1) is 0 Å². The largest absolute Gasteiger partial charge is 0.493 e. The highest BCUT2D eigenvalue weighted by atomic mass is 32.1. The number of ether oxygens (including phenoxy) is 5. The van der Waals surface area contributed by atoms with Crippen LogP contribution in [0.3, 0.4) is 0 Å². The topological polar surface area (TPSA) is 97.6 Å². The number of hydrogen-bond donors (Lipinski definition) is 0. The van der Waals surface area contributed by atoms with Crippen molar-refractivity contribution in [2.75, 3.05) is 27.1 Å². The molecule has 3 heterocycles. The van der Waals surface area contributed by atoms with Crippen molar-refractivity contribution in [3.63, 3.8) is 0 Å². The van der Waals surface area contributed by atoms with Gasteiger partial charge in [-0.1, -0.05) is 36.1 Å². The summed E-state index contributed by atoms with van der Waals surface area (Å²) in [7, 11) is 1.55. The Morgan fingerprint density at radius 2 is 2.03 bits per heavy atom. The first-order chi connectivity index (χ1) is 18.4. The van der Waals surface area contributed by atoms with Gasteiger partial charge in [0.25, 0.3) is 5.56 Å². The minimum absolute atomic E-state index is 0.113. The van der Waals surface area contributed by atoms with Crippen molar-refractivity contribution in [2.24, 2.45) is 4.99 Å². The number of rotatable bonds is 8. The molecule has 0 radical (unpaired) electrons. The first-order valence-electron chi connectivity index (χ1n) is 12.0. The summed E-state index contributed by atoms with van der Waals surface area (Å²) in [6.45, 7) is 7.80. The maximum absolute atomic E-state index is 13.8. The number of hydrogen-bond acceptors (Lipinski definition) is 9. The van der Waals surface area contributed by atoms with E-state index in [0.29, 0.717) is 55.8 Å². The van der Waals surface area contributed by atoms with Crippen LogP contribution in [0.4, 0.5) is 0 Å². The van der Waals surface area contributed by atoms with Crippen LogP contribution in [-0.4, -0.2) is 37.7 Å². The monoisotopic (exact) mass is 534 g/mol. The zero-order valence-corrected chi connectivity index (χ0v) is 22.0. The van der Waals surface area contributed by atoms with Gasteiger partial charge in [-0.2, -0.15) is 0 Å². The lowest BCUT2D eigenvalue weighted by Crippen LogP contribution is -2.39. The van der Waals surface area contributed by atoms with Crippen molar-refractivity contribution in [3.05, 3.63) is 91.1 Å². The molecule has 5 rings (SSSR count). The van der Waals surface area contributed by atoms with Gasteiger partial charge in [0.1, 0.15) is 6.61 Å². The lowest BCUT2D eigenvalue weighted by atomic mass is 9.95. The molecule has 0 amide bonds. The third kappa shape index (κ3) is 4.58. The average Bonchev–Trinajstić information content (AvgIpc) is 3.50. The van der Waals surface area contributed by atoms with Gasteiger partial charge in [-0.25, -0.2) is 9.79 Å². The van der Waals surface area contributed by atoms with Gasteiger partial charge in [-0.3, -0.25) is 9.36 Å². The molecule has 9 nitrogen and oxygen atoms in total. The highest BCUT2D eigenvalue weighted by Crippen LogP contribution is 2.38. The normalized spacial score (nSPS) is 16.1. The molecule has 0 N–H and O–H groups in total. The number of aromatic nitrogens is 1. The Morgan fingerprint density at radius 3 is 2.79 bits per heavy atom. The van der Waals surface area contributed by atoms with Crippen molar-refractivity contribution >= 4 is 23.4 Å². The number of allylic oxidation sites excluding steroid dienone is 1. The molecule has 0 spiro atoms. The lowest BCUT2D eigenvalue weighted by Gasteiger charge is -2.24. The quantitative estimate of drug-likeness (QED) is 0.324. The van der Waals surface area contributed by atoms with E-state index in [4.69, 9.17) is 23.7 Å². The van der Waals surface area contributed by atoms with Crippen LogP contribution >= 0.6 is 11.3 Å². The fourth-order valence-corrected chi connectivity index (χ4v) is 5.43. The second-order valence-electron chi connectivity index (χ2n) is 8.42.